The molecule has 2 aromatic carbocycles. The molecule has 0 aromatic heterocycles. The first-order chi connectivity index (χ1) is 14.3. The molecule has 1 atom stereocenters. The van der Waals surface area contributed by atoms with Crippen molar-refractivity contribution in [3.8, 4) is 11.1 Å². The van der Waals surface area contributed by atoms with Gasteiger partial charge in [-0.2, -0.15) is 4.39 Å². The molecule has 1 fully saturated rings. The van der Waals surface area contributed by atoms with Crippen LogP contribution >= 0.6 is 11.6 Å². The maximum absolute atomic E-state index is 14.2. The average Bonchev–Trinajstić information content (AvgIpc) is 2.69. The summed E-state index contributed by atoms with van der Waals surface area (Å²) in [4.78, 5) is 36.5. The van der Waals surface area contributed by atoms with Gasteiger partial charge in [0.25, 0.3) is 0 Å². The molecule has 1 heterocycles. The number of hydrogen-bond acceptors (Lipinski definition) is 3. The lowest BCUT2D eigenvalue weighted by Crippen LogP contribution is -2.39. The molecule has 3 amide bonds. The third-order valence-corrected chi connectivity index (χ3v) is 5.29. The standard InChI is InChI=1S/C23H20ClFN2O3/c1-3-5-20(25)27(14(2)28)16-10-8-15(9-11-16)17-6-4-7-18(22(17)24)19-12-13-21(29)26-23(19)30/h3-11,19H,1,12-13H2,2H3,(H,26,29,30)/b20-5-. The number of carbonyl (C=O) groups is 3. The van der Waals surface area contributed by atoms with Crippen LogP contribution in [0.5, 0.6) is 0 Å². The first kappa shape index (κ1) is 21.5. The maximum atomic E-state index is 14.2. The van der Waals surface area contributed by atoms with E-state index in [1.807, 2.05) is 6.07 Å². The Hall–Kier alpha value is -3.25. The Morgan fingerprint density at radius 2 is 1.93 bits per heavy atom. The molecule has 5 nitrogen and oxygen atoms in total. The SMILES string of the molecule is C=C/C=C(/F)N(C(C)=O)c1ccc(-c2cccc(C3CCC(=O)NC3=O)c2Cl)cc1. The summed E-state index contributed by atoms with van der Waals surface area (Å²) in [7, 11) is 0. The molecular formula is C23H20ClFN2O3. The fourth-order valence-corrected chi connectivity index (χ4v) is 3.82. The second-order valence-corrected chi connectivity index (χ2v) is 7.22. The van der Waals surface area contributed by atoms with Crippen LogP contribution < -0.4 is 10.2 Å². The van der Waals surface area contributed by atoms with Crippen LogP contribution in [0, 0.1) is 0 Å². The molecule has 2 aromatic rings. The van der Waals surface area contributed by atoms with Gasteiger partial charge in [-0.1, -0.05) is 54.6 Å². The van der Waals surface area contributed by atoms with E-state index in [4.69, 9.17) is 11.6 Å². The molecule has 1 N–H and O–H groups in total. The number of rotatable bonds is 5. The number of amides is 3. The predicted octanol–water partition coefficient (Wildman–Crippen LogP) is 4.88. The van der Waals surface area contributed by atoms with Crippen LogP contribution in [-0.4, -0.2) is 17.7 Å². The summed E-state index contributed by atoms with van der Waals surface area (Å²) in [5.41, 5.74) is 2.45. The third kappa shape index (κ3) is 4.33. The Kier molecular flexibility index (Phi) is 6.47. The highest BCUT2D eigenvalue weighted by atomic mass is 35.5. The normalized spacial score (nSPS) is 16.8. The first-order valence-corrected chi connectivity index (χ1v) is 9.72. The Labute approximate surface area is 178 Å². The van der Waals surface area contributed by atoms with Crippen molar-refractivity contribution in [2.75, 3.05) is 4.90 Å². The van der Waals surface area contributed by atoms with E-state index in [2.05, 4.69) is 11.9 Å². The molecule has 0 radical (unpaired) electrons. The summed E-state index contributed by atoms with van der Waals surface area (Å²) in [6.45, 7) is 4.71. The van der Waals surface area contributed by atoms with Crippen LogP contribution in [-0.2, 0) is 14.4 Å². The van der Waals surface area contributed by atoms with Crippen LogP contribution in [0.3, 0.4) is 0 Å². The minimum atomic E-state index is -0.733. The fraction of sp³-hybridized carbons (Fsp3) is 0.174. The summed E-state index contributed by atoms with van der Waals surface area (Å²) >= 11 is 6.61. The molecule has 0 aliphatic carbocycles. The number of piperidine rings is 1. The number of hydrogen-bond donors (Lipinski definition) is 1. The lowest BCUT2D eigenvalue weighted by atomic mass is 9.88. The van der Waals surface area contributed by atoms with E-state index < -0.39 is 17.8 Å². The quantitative estimate of drug-likeness (QED) is 0.421. The van der Waals surface area contributed by atoms with Crippen LogP contribution in [0.15, 0.2) is 67.1 Å². The zero-order valence-corrected chi connectivity index (χ0v) is 17.1. The van der Waals surface area contributed by atoms with Gasteiger partial charge in [0.2, 0.25) is 23.7 Å². The summed E-state index contributed by atoms with van der Waals surface area (Å²) in [5, 5.41) is 2.76. The number of nitrogens with zero attached hydrogens (tertiary/aromatic N) is 1. The van der Waals surface area contributed by atoms with Gasteiger partial charge in [0.05, 0.1) is 16.6 Å². The second kappa shape index (κ2) is 9.05. The summed E-state index contributed by atoms with van der Waals surface area (Å²) in [6.07, 6.45) is 3.03. The molecule has 1 saturated heterocycles. The molecule has 0 spiro atoms. The van der Waals surface area contributed by atoms with E-state index in [0.717, 1.165) is 16.5 Å². The molecule has 0 saturated carbocycles. The minimum absolute atomic E-state index is 0.260. The van der Waals surface area contributed by atoms with Crippen molar-refractivity contribution in [1.82, 2.24) is 5.32 Å². The lowest BCUT2D eigenvalue weighted by molar-refractivity contribution is -0.134. The Morgan fingerprint density at radius 1 is 1.23 bits per heavy atom. The van der Waals surface area contributed by atoms with Gasteiger partial charge < -0.3 is 0 Å². The molecular weight excluding hydrogens is 407 g/mol. The van der Waals surface area contributed by atoms with Gasteiger partial charge in [0.15, 0.2) is 0 Å². The highest BCUT2D eigenvalue weighted by Gasteiger charge is 2.30. The Morgan fingerprint density at radius 3 is 2.53 bits per heavy atom. The minimum Gasteiger partial charge on any atom is -0.296 e. The van der Waals surface area contributed by atoms with Crippen LogP contribution in [0.4, 0.5) is 10.1 Å². The number of halogens is 2. The van der Waals surface area contributed by atoms with Crippen molar-refractivity contribution >= 4 is 35.0 Å². The van der Waals surface area contributed by atoms with Crippen molar-refractivity contribution in [3.63, 3.8) is 0 Å². The van der Waals surface area contributed by atoms with Gasteiger partial charge in [-0.15, -0.1) is 0 Å². The van der Waals surface area contributed by atoms with E-state index in [1.54, 1.807) is 36.4 Å². The van der Waals surface area contributed by atoms with Crippen LogP contribution in [0.1, 0.15) is 31.2 Å². The lowest BCUT2D eigenvalue weighted by Gasteiger charge is -2.23. The van der Waals surface area contributed by atoms with Crippen LogP contribution in [0.2, 0.25) is 5.02 Å². The summed E-state index contributed by atoms with van der Waals surface area (Å²) < 4.78 is 14.2. The van der Waals surface area contributed by atoms with Gasteiger partial charge in [-0.05, 0) is 35.8 Å². The Bertz CT molecular complexity index is 1050. The highest BCUT2D eigenvalue weighted by molar-refractivity contribution is 6.34. The van der Waals surface area contributed by atoms with Gasteiger partial charge in [-0.3, -0.25) is 24.6 Å². The molecule has 1 aliphatic rings. The molecule has 1 aliphatic heterocycles. The molecule has 30 heavy (non-hydrogen) atoms. The number of anilines is 1. The number of nitrogens with one attached hydrogen (secondary N) is 1. The maximum Gasteiger partial charge on any atom is 0.234 e. The van der Waals surface area contributed by atoms with Crippen LogP contribution in [0.25, 0.3) is 11.1 Å². The van der Waals surface area contributed by atoms with E-state index in [0.29, 0.717) is 28.3 Å². The molecule has 7 heteroatoms. The van der Waals surface area contributed by atoms with Gasteiger partial charge in [0, 0.05) is 18.9 Å². The van der Waals surface area contributed by atoms with Crippen molar-refractivity contribution in [2.24, 2.45) is 0 Å². The molecule has 1 unspecified atom stereocenters. The summed E-state index contributed by atoms with van der Waals surface area (Å²) in [6, 6.07) is 12.1. The van der Waals surface area contributed by atoms with Crippen molar-refractivity contribution < 1.29 is 18.8 Å². The largest absolute Gasteiger partial charge is 0.296 e. The third-order valence-electron chi connectivity index (χ3n) is 4.86. The van der Waals surface area contributed by atoms with E-state index >= 15 is 0 Å². The van der Waals surface area contributed by atoms with E-state index in [-0.39, 0.29) is 18.2 Å². The van der Waals surface area contributed by atoms with Gasteiger partial charge >= 0.3 is 0 Å². The topological polar surface area (TPSA) is 66.5 Å². The number of benzene rings is 2. The first-order valence-electron chi connectivity index (χ1n) is 9.35. The van der Waals surface area contributed by atoms with E-state index in [9.17, 15) is 18.8 Å². The van der Waals surface area contributed by atoms with Crippen molar-refractivity contribution in [3.05, 3.63) is 77.7 Å². The van der Waals surface area contributed by atoms with Crippen molar-refractivity contribution in [1.29, 1.82) is 0 Å². The number of imide groups is 1. The second-order valence-electron chi connectivity index (χ2n) is 6.84. The van der Waals surface area contributed by atoms with Crippen molar-refractivity contribution in [2.45, 2.75) is 25.7 Å². The smallest absolute Gasteiger partial charge is 0.234 e. The predicted molar refractivity (Wildman–Crippen MR) is 115 cm³/mol. The Balaban J connectivity index is 1.94. The van der Waals surface area contributed by atoms with E-state index in [1.165, 1.54) is 13.0 Å². The zero-order chi connectivity index (χ0) is 21.8. The zero-order valence-electron chi connectivity index (χ0n) is 16.3. The fourth-order valence-electron chi connectivity index (χ4n) is 3.45. The monoisotopic (exact) mass is 426 g/mol. The number of allylic oxidation sites excluding steroid dienone is 2. The van der Waals surface area contributed by atoms with Gasteiger partial charge in [0.1, 0.15) is 0 Å². The molecule has 3 rings (SSSR count). The summed E-state index contributed by atoms with van der Waals surface area (Å²) in [5.74, 6) is -2.35. The number of carbonyl (C=O) groups excluding carboxylic acids is 3. The molecule has 0 bridgehead atoms. The molecule has 154 valence electrons. The average molecular weight is 427 g/mol. The highest BCUT2D eigenvalue weighted by Crippen LogP contribution is 2.37. The van der Waals surface area contributed by atoms with Gasteiger partial charge in [-0.25, -0.2) is 0 Å².